The Bertz CT molecular complexity index is 1130. The van der Waals surface area contributed by atoms with Crippen LogP contribution in [0.2, 0.25) is 26.2 Å². The van der Waals surface area contributed by atoms with E-state index in [9.17, 15) is 0 Å². The van der Waals surface area contributed by atoms with Crippen LogP contribution in [0.3, 0.4) is 0 Å². The van der Waals surface area contributed by atoms with Crippen LogP contribution in [0.1, 0.15) is 46.2 Å². The van der Waals surface area contributed by atoms with E-state index in [4.69, 9.17) is 0 Å². The largest absolute Gasteiger partial charge is 1.00 e. The Morgan fingerprint density at radius 3 is 1.07 bits per heavy atom. The van der Waals surface area contributed by atoms with Crippen molar-refractivity contribution in [1.82, 2.24) is 0 Å². The van der Waals surface area contributed by atoms with Gasteiger partial charge in [0.1, 0.15) is 0 Å². The third-order valence-electron chi connectivity index (χ3n) is 7.26. The standard InChI is InChI=1S/2C9H12N.2C5H5.2C2H7Si.2ClH.2Hf/c2*1-6-4-7(2)9(10)8(3)5-6;2*1-2-4-5-3-1;2*1-3-2;;;;/h2*4-5,10H,1-3H3;2*1-3H,4H2;2*3H,1-2H3;2*1H;;/q2*-1;;;;;;;2*+2/p-2. The van der Waals surface area contributed by atoms with Crippen LogP contribution in [0.4, 0.5) is 11.4 Å². The number of benzene rings is 2. The maximum atomic E-state index is 4.05. The van der Waals surface area contributed by atoms with Crippen LogP contribution in [-0.2, 0) is 41.8 Å². The van der Waals surface area contributed by atoms with E-state index in [-0.39, 0.29) is 24.8 Å². The first-order valence-electron chi connectivity index (χ1n) is 14.1. The first kappa shape index (κ1) is 37.8. The fourth-order valence-corrected chi connectivity index (χ4v) is 46.0. The quantitative estimate of drug-likeness (QED) is 0.399. The molecule has 2 aliphatic carbocycles. The molecule has 216 valence electrons. The molecule has 0 unspecified atom stereocenters. The molecule has 2 nitrogen and oxygen atoms in total. The van der Waals surface area contributed by atoms with Crippen molar-refractivity contribution >= 4 is 23.3 Å². The maximum absolute atomic E-state index is 4.05. The summed E-state index contributed by atoms with van der Waals surface area (Å²) in [5.41, 5.74) is 11.3. The number of allylic oxidation sites excluding steroid dienone is 8. The molecule has 0 saturated heterocycles. The van der Waals surface area contributed by atoms with Gasteiger partial charge in [0.05, 0.1) is 0 Å². The molecule has 0 bridgehead atoms. The molecule has 40 heavy (non-hydrogen) atoms. The minimum atomic E-state index is -1.79. The summed E-state index contributed by atoms with van der Waals surface area (Å²) in [6, 6.07) is 9.23. The zero-order chi connectivity index (χ0) is 28.0. The van der Waals surface area contributed by atoms with E-state index in [1.807, 2.05) is 0 Å². The summed E-state index contributed by atoms with van der Waals surface area (Å²) >= 11 is -3.58. The fraction of sp³-hybridized carbons (Fsp3) is 0.375. The van der Waals surface area contributed by atoms with E-state index >= 15 is 0 Å². The molecule has 2 aliphatic rings. The number of nitrogens with one attached hydrogen (secondary N) is 2. The van der Waals surface area contributed by atoms with Crippen LogP contribution in [0.15, 0.2) is 67.4 Å². The van der Waals surface area contributed by atoms with Crippen molar-refractivity contribution in [2.75, 3.05) is 6.61 Å². The number of rotatable bonds is 8. The Kier molecular flexibility index (Phi) is 16.8. The molecule has 2 aromatic rings. The second-order valence-corrected chi connectivity index (χ2v) is 62.9. The van der Waals surface area contributed by atoms with Crippen molar-refractivity contribution in [3.8, 4) is 0 Å². The predicted molar refractivity (Wildman–Crippen MR) is 170 cm³/mol. The van der Waals surface area contributed by atoms with Gasteiger partial charge in [-0.05, 0) is 0 Å². The zero-order valence-corrected chi connectivity index (χ0v) is 37.1. The Morgan fingerprint density at radius 1 is 0.550 bits per heavy atom. The molecule has 0 heterocycles. The summed E-state index contributed by atoms with van der Waals surface area (Å²) in [5, 5.41) is 0. The van der Waals surface area contributed by atoms with Gasteiger partial charge in [-0.15, -0.1) is 0 Å². The second-order valence-electron chi connectivity index (χ2n) is 11.6. The molecule has 0 saturated carbocycles. The molecule has 0 atom stereocenters. The first-order valence-corrected chi connectivity index (χ1v) is 39.5. The van der Waals surface area contributed by atoms with Gasteiger partial charge in [0, 0.05) is 0 Å². The smallest absolute Gasteiger partial charge is 1.00 e. The molecule has 0 amide bonds. The summed E-state index contributed by atoms with van der Waals surface area (Å²) in [6.45, 7) is 23.4. The third kappa shape index (κ3) is 10.5. The SMILES string of the molecule is Cc1cc(C)c([NH][Hf+]([C]2=CC=CC2)[SiH](C)C)c(C)c1.Cc1cc(C)c([NH][Hf+]([C]2=CC=CC2)[SiH](C)C)c(C)c1.[Cl-].[Cl-]. The van der Waals surface area contributed by atoms with Crippen LogP contribution >= 0.6 is 0 Å². The van der Waals surface area contributed by atoms with Crippen LogP contribution in [0.25, 0.3) is 0 Å². The van der Waals surface area contributed by atoms with Crippen LogP contribution < -0.4 is 31.4 Å². The van der Waals surface area contributed by atoms with E-state index in [2.05, 4.69) is 135 Å². The van der Waals surface area contributed by atoms with Crippen molar-refractivity contribution in [3.05, 3.63) is 101 Å². The monoisotopic (exact) mass is 946 g/mol. The number of hydrogen-bond donors (Lipinski definition) is 2. The Hall–Kier alpha value is -0.246. The Labute approximate surface area is 275 Å². The summed E-state index contributed by atoms with van der Waals surface area (Å²) in [7, 11) is 0. The summed E-state index contributed by atoms with van der Waals surface area (Å²) in [4.78, 5) is 0. The van der Waals surface area contributed by atoms with Crippen molar-refractivity contribution in [2.24, 2.45) is 0 Å². The average Bonchev–Trinajstić information content (AvgIpc) is 3.53. The van der Waals surface area contributed by atoms with Gasteiger partial charge in [0.15, 0.2) is 0 Å². The predicted octanol–water partition coefficient (Wildman–Crippen LogP) is 2.78. The van der Waals surface area contributed by atoms with E-state index in [1.165, 1.54) is 57.6 Å². The Morgan fingerprint density at radius 2 is 0.850 bits per heavy atom. The molecule has 2 N–H and O–H groups in total. The van der Waals surface area contributed by atoms with Crippen molar-refractivity contribution < 1.29 is 66.6 Å². The maximum Gasteiger partial charge on any atom is -1.00 e. The minimum absolute atomic E-state index is 0. The number of hydrogen-bond acceptors (Lipinski definition) is 2. The van der Waals surface area contributed by atoms with E-state index < -0.39 is 53.8 Å². The van der Waals surface area contributed by atoms with Crippen molar-refractivity contribution in [2.45, 2.75) is 80.6 Å². The van der Waals surface area contributed by atoms with Gasteiger partial charge in [0.25, 0.3) is 0 Å². The fourth-order valence-electron chi connectivity index (χ4n) is 5.51. The number of anilines is 2. The average molecular weight is 945 g/mol. The molecule has 0 aromatic heterocycles. The van der Waals surface area contributed by atoms with Crippen LogP contribution in [-0.4, -0.2) is 12.0 Å². The molecule has 4 rings (SSSR count). The van der Waals surface area contributed by atoms with E-state index in [0.717, 1.165) is 0 Å². The van der Waals surface area contributed by atoms with E-state index in [1.54, 1.807) is 6.66 Å². The minimum Gasteiger partial charge on any atom is -1.00 e. The number of aryl methyl sites for hydroxylation is 6. The molecule has 2 aromatic carbocycles. The molecular formula is C32H48Cl2Hf2N2Si2. The summed E-state index contributed by atoms with van der Waals surface area (Å²) in [6.07, 6.45) is 16.3. The summed E-state index contributed by atoms with van der Waals surface area (Å²) < 4.78 is 11.6. The van der Waals surface area contributed by atoms with Gasteiger partial charge in [-0.25, -0.2) is 0 Å². The second kappa shape index (κ2) is 17.8. The summed E-state index contributed by atoms with van der Waals surface area (Å²) in [5.74, 6) is -1.14. The van der Waals surface area contributed by atoms with Crippen molar-refractivity contribution in [1.29, 1.82) is 0 Å². The van der Waals surface area contributed by atoms with E-state index in [0.29, 0.717) is 0 Å². The Balaban J connectivity index is 0.000000381. The molecule has 0 fully saturated rings. The van der Waals surface area contributed by atoms with Gasteiger partial charge in [-0.3, -0.25) is 0 Å². The molecule has 8 heteroatoms. The van der Waals surface area contributed by atoms with Gasteiger partial charge >= 0.3 is 253 Å². The van der Waals surface area contributed by atoms with Crippen molar-refractivity contribution in [3.63, 3.8) is 0 Å². The topological polar surface area (TPSA) is 24.1 Å². The van der Waals surface area contributed by atoms with Gasteiger partial charge in [0.2, 0.25) is 0 Å². The third-order valence-corrected chi connectivity index (χ3v) is 54.3. The number of halogens is 2. The molecule has 0 radical (unpaired) electrons. The zero-order valence-electron chi connectivity index (χ0n) is 26.1. The van der Waals surface area contributed by atoms with Crippen LogP contribution in [0, 0.1) is 41.5 Å². The van der Waals surface area contributed by atoms with Gasteiger partial charge in [-0.1, -0.05) is 0 Å². The molecule has 0 aliphatic heterocycles. The van der Waals surface area contributed by atoms with Gasteiger partial charge < -0.3 is 24.8 Å². The molecular weight excluding hydrogens is 896 g/mol. The van der Waals surface area contributed by atoms with Gasteiger partial charge in [-0.2, -0.15) is 0 Å². The normalized spacial score (nSPS) is 13.2. The first-order chi connectivity index (χ1) is 18.0. The van der Waals surface area contributed by atoms with Crippen LogP contribution in [0.5, 0.6) is 0 Å². The molecule has 0 spiro atoms.